The van der Waals surface area contributed by atoms with Gasteiger partial charge < -0.3 is 10.3 Å². The molecule has 4 nitrogen and oxygen atoms in total. The summed E-state index contributed by atoms with van der Waals surface area (Å²) < 4.78 is 12.7. The average Bonchev–Trinajstić information content (AvgIpc) is 2.79. The highest BCUT2D eigenvalue weighted by atomic mass is 19.1. The molecule has 2 aromatic rings. The maximum Gasteiger partial charge on any atom is 0.272 e. The lowest BCUT2D eigenvalue weighted by atomic mass is 10.1. The van der Waals surface area contributed by atoms with Crippen molar-refractivity contribution in [1.29, 1.82) is 5.26 Å². The minimum absolute atomic E-state index is 0.161. The molecule has 0 bridgehead atoms. The van der Waals surface area contributed by atoms with Gasteiger partial charge in [-0.15, -0.1) is 0 Å². The second-order valence-corrected chi connectivity index (χ2v) is 3.72. The standard InChI is InChI=1S/C13H10FN3O/c14-10-7-12(16-8-10)13(18)17-11-3-1-9(2-4-11)5-6-15/h1-4,7-8,16H,5H2,(H,17,18). The fourth-order valence-electron chi connectivity index (χ4n) is 1.49. The number of nitriles is 1. The van der Waals surface area contributed by atoms with Gasteiger partial charge in [0.05, 0.1) is 12.5 Å². The summed E-state index contributed by atoms with van der Waals surface area (Å²) in [5.74, 6) is -0.892. The van der Waals surface area contributed by atoms with Crippen LogP contribution in [0.25, 0.3) is 0 Å². The number of aromatic nitrogens is 1. The molecular formula is C13H10FN3O. The molecule has 90 valence electrons. The van der Waals surface area contributed by atoms with Crippen molar-refractivity contribution in [2.45, 2.75) is 6.42 Å². The maximum absolute atomic E-state index is 12.7. The van der Waals surface area contributed by atoms with E-state index in [0.29, 0.717) is 12.1 Å². The molecule has 1 heterocycles. The SMILES string of the molecule is N#CCc1ccc(NC(=O)c2cc(F)c[nH]2)cc1. The number of benzene rings is 1. The number of halogens is 1. The zero-order valence-corrected chi connectivity index (χ0v) is 9.40. The van der Waals surface area contributed by atoms with Gasteiger partial charge >= 0.3 is 0 Å². The summed E-state index contributed by atoms with van der Waals surface area (Å²) in [4.78, 5) is 14.2. The summed E-state index contributed by atoms with van der Waals surface area (Å²) in [7, 11) is 0. The number of rotatable bonds is 3. The predicted octanol–water partition coefficient (Wildman–Crippen LogP) is 2.47. The van der Waals surface area contributed by atoms with Gasteiger partial charge in [-0.25, -0.2) is 4.39 Å². The van der Waals surface area contributed by atoms with Crippen LogP contribution in [-0.2, 0) is 6.42 Å². The molecule has 0 aliphatic heterocycles. The highest BCUT2D eigenvalue weighted by Crippen LogP contribution is 2.11. The first-order chi connectivity index (χ1) is 8.69. The molecule has 2 rings (SSSR count). The van der Waals surface area contributed by atoms with Gasteiger partial charge in [0, 0.05) is 18.0 Å². The molecule has 2 N–H and O–H groups in total. The van der Waals surface area contributed by atoms with Crippen LogP contribution in [0.4, 0.5) is 10.1 Å². The molecule has 0 aliphatic carbocycles. The molecule has 1 aromatic carbocycles. The van der Waals surface area contributed by atoms with Crippen molar-refractivity contribution in [2.75, 3.05) is 5.32 Å². The van der Waals surface area contributed by atoms with E-state index in [0.717, 1.165) is 17.8 Å². The van der Waals surface area contributed by atoms with Crippen LogP contribution in [0.15, 0.2) is 36.5 Å². The molecule has 0 aliphatic rings. The van der Waals surface area contributed by atoms with Gasteiger partial charge in [0.2, 0.25) is 0 Å². The van der Waals surface area contributed by atoms with E-state index in [-0.39, 0.29) is 5.69 Å². The van der Waals surface area contributed by atoms with Crippen molar-refractivity contribution in [3.8, 4) is 6.07 Å². The van der Waals surface area contributed by atoms with Gasteiger partial charge in [0.15, 0.2) is 0 Å². The third-order valence-corrected chi connectivity index (χ3v) is 2.39. The lowest BCUT2D eigenvalue weighted by Gasteiger charge is -2.04. The minimum Gasteiger partial charge on any atom is -0.355 e. The number of hydrogen-bond acceptors (Lipinski definition) is 2. The molecule has 0 atom stereocenters. The number of anilines is 1. The lowest BCUT2D eigenvalue weighted by Crippen LogP contribution is -2.12. The van der Waals surface area contributed by atoms with E-state index in [9.17, 15) is 9.18 Å². The summed E-state index contributed by atoms with van der Waals surface area (Å²) in [6.45, 7) is 0. The van der Waals surface area contributed by atoms with Crippen LogP contribution in [0.5, 0.6) is 0 Å². The first-order valence-corrected chi connectivity index (χ1v) is 5.30. The zero-order chi connectivity index (χ0) is 13.0. The number of nitrogens with one attached hydrogen (secondary N) is 2. The van der Waals surface area contributed by atoms with Crippen molar-refractivity contribution in [3.05, 3.63) is 53.6 Å². The van der Waals surface area contributed by atoms with Crippen LogP contribution in [0.2, 0.25) is 0 Å². The molecule has 0 spiro atoms. The van der Waals surface area contributed by atoms with Crippen LogP contribution in [0.1, 0.15) is 16.1 Å². The number of nitrogens with zero attached hydrogens (tertiary/aromatic N) is 1. The second-order valence-electron chi connectivity index (χ2n) is 3.72. The quantitative estimate of drug-likeness (QED) is 0.869. The van der Waals surface area contributed by atoms with Crippen molar-refractivity contribution in [3.63, 3.8) is 0 Å². The lowest BCUT2D eigenvalue weighted by molar-refractivity contribution is 0.102. The molecule has 0 saturated heterocycles. The monoisotopic (exact) mass is 243 g/mol. The van der Waals surface area contributed by atoms with E-state index in [2.05, 4.69) is 10.3 Å². The summed E-state index contributed by atoms with van der Waals surface area (Å²) in [5, 5.41) is 11.1. The van der Waals surface area contributed by atoms with E-state index in [1.807, 2.05) is 6.07 Å². The van der Waals surface area contributed by atoms with E-state index in [1.165, 1.54) is 0 Å². The van der Waals surface area contributed by atoms with E-state index in [1.54, 1.807) is 24.3 Å². The third-order valence-electron chi connectivity index (χ3n) is 2.39. The first-order valence-electron chi connectivity index (χ1n) is 5.30. The van der Waals surface area contributed by atoms with Crippen LogP contribution in [0, 0.1) is 17.1 Å². The normalized spacial score (nSPS) is 9.78. The maximum atomic E-state index is 12.7. The van der Waals surface area contributed by atoms with Gasteiger partial charge in [-0.2, -0.15) is 5.26 Å². The fraction of sp³-hybridized carbons (Fsp3) is 0.0769. The molecule has 0 fully saturated rings. The van der Waals surface area contributed by atoms with Crippen molar-refractivity contribution in [1.82, 2.24) is 4.98 Å². The molecule has 1 aromatic heterocycles. The van der Waals surface area contributed by atoms with E-state index >= 15 is 0 Å². The summed E-state index contributed by atoms with van der Waals surface area (Å²) in [6.07, 6.45) is 1.45. The van der Waals surface area contributed by atoms with Crippen molar-refractivity contribution >= 4 is 11.6 Å². The van der Waals surface area contributed by atoms with Gasteiger partial charge in [0.1, 0.15) is 11.5 Å². The number of amides is 1. The van der Waals surface area contributed by atoms with Crippen LogP contribution in [-0.4, -0.2) is 10.9 Å². The molecule has 0 saturated carbocycles. The predicted molar refractivity (Wildman–Crippen MR) is 64.5 cm³/mol. The molecular weight excluding hydrogens is 233 g/mol. The molecule has 0 unspecified atom stereocenters. The number of aromatic amines is 1. The Kier molecular flexibility index (Phi) is 3.39. The van der Waals surface area contributed by atoms with Crippen LogP contribution < -0.4 is 5.32 Å². The summed E-state index contributed by atoms with van der Waals surface area (Å²) >= 11 is 0. The van der Waals surface area contributed by atoms with Crippen molar-refractivity contribution < 1.29 is 9.18 Å². The number of H-pyrrole nitrogens is 1. The topological polar surface area (TPSA) is 68.7 Å². The Hall–Kier alpha value is -2.61. The Bertz CT molecular complexity index is 595. The van der Waals surface area contributed by atoms with Gasteiger partial charge in [-0.3, -0.25) is 4.79 Å². The summed E-state index contributed by atoms with van der Waals surface area (Å²) in [5.41, 5.74) is 1.63. The van der Waals surface area contributed by atoms with Gasteiger partial charge in [-0.1, -0.05) is 12.1 Å². The number of hydrogen-bond donors (Lipinski definition) is 2. The smallest absolute Gasteiger partial charge is 0.272 e. The highest BCUT2D eigenvalue weighted by molar-refractivity contribution is 6.02. The first kappa shape index (κ1) is 11.9. The van der Waals surface area contributed by atoms with Crippen LogP contribution >= 0.6 is 0 Å². The Labute approximate surface area is 103 Å². The van der Waals surface area contributed by atoms with E-state index in [4.69, 9.17) is 5.26 Å². The number of carbonyl (C=O) groups is 1. The van der Waals surface area contributed by atoms with Gasteiger partial charge in [0.25, 0.3) is 5.91 Å². The van der Waals surface area contributed by atoms with Crippen LogP contribution in [0.3, 0.4) is 0 Å². The summed E-state index contributed by atoms with van der Waals surface area (Å²) in [6, 6.07) is 10.1. The molecule has 1 amide bonds. The van der Waals surface area contributed by atoms with Crippen molar-refractivity contribution in [2.24, 2.45) is 0 Å². The molecule has 5 heteroatoms. The second kappa shape index (κ2) is 5.15. The zero-order valence-electron chi connectivity index (χ0n) is 9.40. The Balaban J connectivity index is 2.05. The third kappa shape index (κ3) is 2.74. The highest BCUT2D eigenvalue weighted by Gasteiger charge is 2.08. The Morgan fingerprint density at radius 2 is 2.11 bits per heavy atom. The largest absolute Gasteiger partial charge is 0.355 e. The average molecular weight is 243 g/mol. The van der Waals surface area contributed by atoms with E-state index < -0.39 is 11.7 Å². The van der Waals surface area contributed by atoms with Gasteiger partial charge in [-0.05, 0) is 17.7 Å². The minimum atomic E-state index is -0.482. The Morgan fingerprint density at radius 1 is 1.39 bits per heavy atom. The molecule has 18 heavy (non-hydrogen) atoms. The Morgan fingerprint density at radius 3 is 2.67 bits per heavy atom. The molecule has 0 radical (unpaired) electrons. The fourth-order valence-corrected chi connectivity index (χ4v) is 1.49. The number of carbonyl (C=O) groups excluding carboxylic acids is 1.